The van der Waals surface area contributed by atoms with Gasteiger partial charge in [-0.25, -0.2) is 0 Å². The third-order valence-corrected chi connectivity index (χ3v) is 6.52. The number of nitrogens with zero attached hydrogens (tertiary/aromatic N) is 1. The molecule has 4 aromatic carbocycles. The lowest BCUT2D eigenvalue weighted by Gasteiger charge is -2.22. The molecular formula is C27H21N. The van der Waals surface area contributed by atoms with Crippen molar-refractivity contribution in [2.75, 3.05) is 0 Å². The fraction of sp³-hybridized carbons (Fsp3) is 0.148. The van der Waals surface area contributed by atoms with Crippen LogP contribution in [-0.4, -0.2) is 4.98 Å². The maximum Gasteiger partial charge on any atom is 0.0749 e. The van der Waals surface area contributed by atoms with Crippen LogP contribution in [0.15, 0.2) is 72.8 Å². The lowest BCUT2D eigenvalue weighted by molar-refractivity contribution is 0.659. The first-order chi connectivity index (χ1) is 13.6. The Bertz CT molecular complexity index is 1440. The molecule has 0 bridgehead atoms. The van der Waals surface area contributed by atoms with Crippen LogP contribution in [0.3, 0.4) is 0 Å². The molecule has 0 saturated heterocycles. The second kappa shape index (κ2) is 5.20. The van der Waals surface area contributed by atoms with Crippen LogP contribution in [0.4, 0.5) is 0 Å². The minimum absolute atomic E-state index is 0.0354. The van der Waals surface area contributed by atoms with Crippen molar-refractivity contribution in [1.29, 1.82) is 0 Å². The number of aromatic nitrogens is 1. The van der Waals surface area contributed by atoms with Crippen LogP contribution in [0.5, 0.6) is 0 Å². The third-order valence-electron chi connectivity index (χ3n) is 6.52. The van der Waals surface area contributed by atoms with Gasteiger partial charge < -0.3 is 0 Å². The standard InChI is InChI=1S/C27H21N/c1-16-12-13-24-26(28-16)23-14-21-19-10-6-4-8-17(19)18-9-5-7-11-20(18)22(21)15-25(23)27(24,2)3/h4-15H,1-3H3. The maximum atomic E-state index is 4.94. The zero-order valence-electron chi connectivity index (χ0n) is 16.4. The van der Waals surface area contributed by atoms with Gasteiger partial charge in [0.2, 0.25) is 0 Å². The zero-order valence-corrected chi connectivity index (χ0v) is 16.4. The first-order valence-electron chi connectivity index (χ1n) is 9.92. The Balaban J connectivity index is 1.86. The highest BCUT2D eigenvalue weighted by molar-refractivity contribution is 6.26. The molecule has 0 N–H and O–H groups in total. The molecule has 1 aromatic heterocycles. The second-order valence-electron chi connectivity index (χ2n) is 8.51. The molecule has 0 fully saturated rings. The zero-order chi connectivity index (χ0) is 19.0. The van der Waals surface area contributed by atoms with Crippen molar-refractivity contribution in [1.82, 2.24) is 4.98 Å². The van der Waals surface area contributed by atoms with Crippen LogP contribution in [0, 0.1) is 6.92 Å². The minimum Gasteiger partial charge on any atom is -0.253 e. The van der Waals surface area contributed by atoms with E-state index in [1.807, 2.05) is 0 Å². The van der Waals surface area contributed by atoms with Gasteiger partial charge in [0.1, 0.15) is 0 Å². The van der Waals surface area contributed by atoms with Gasteiger partial charge in [-0.05, 0) is 68.6 Å². The van der Waals surface area contributed by atoms with Crippen molar-refractivity contribution in [3.63, 3.8) is 0 Å². The molecule has 0 saturated carbocycles. The van der Waals surface area contributed by atoms with Gasteiger partial charge in [-0.2, -0.15) is 0 Å². The summed E-state index contributed by atoms with van der Waals surface area (Å²) >= 11 is 0. The highest BCUT2D eigenvalue weighted by Gasteiger charge is 2.37. The number of benzene rings is 4. The van der Waals surface area contributed by atoms with Crippen LogP contribution in [0.25, 0.3) is 43.6 Å². The Morgan fingerprint density at radius 3 is 1.75 bits per heavy atom. The molecule has 1 nitrogen and oxygen atoms in total. The molecule has 1 heteroatoms. The Morgan fingerprint density at radius 1 is 0.607 bits per heavy atom. The molecule has 1 aliphatic rings. The fourth-order valence-electron chi connectivity index (χ4n) is 5.08. The summed E-state index contributed by atoms with van der Waals surface area (Å²) < 4.78 is 0. The van der Waals surface area contributed by atoms with Crippen molar-refractivity contribution >= 4 is 32.3 Å². The summed E-state index contributed by atoms with van der Waals surface area (Å²) in [4.78, 5) is 4.94. The smallest absolute Gasteiger partial charge is 0.0749 e. The molecule has 0 aliphatic heterocycles. The predicted octanol–water partition coefficient (Wildman–Crippen LogP) is 7.16. The van der Waals surface area contributed by atoms with Crippen molar-refractivity contribution in [2.45, 2.75) is 26.2 Å². The van der Waals surface area contributed by atoms with Crippen LogP contribution < -0.4 is 0 Å². The average Bonchev–Trinajstić information content (AvgIpc) is 2.93. The molecule has 1 aliphatic carbocycles. The Kier molecular flexibility index (Phi) is 2.94. The van der Waals surface area contributed by atoms with Gasteiger partial charge in [0.15, 0.2) is 0 Å². The van der Waals surface area contributed by atoms with Crippen molar-refractivity contribution < 1.29 is 0 Å². The number of rotatable bonds is 0. The van der Waals surface area contributed by atoms with Gasteiger partial charge in [-0.1, -0.05) is 68.4 Å². The molecular weight excluding hydrogens is 338 g/mol. The minimum atomic E-state index is -0.0354. The summed E-state index contributed by atoms with van der Waals surface area (Å²) in [7, 11) is 0. The number of fused-ring (bicyclic) bond motifs is 9. The maximum absolute atomic E-state index is 4.94. The first kappa shape index (κ1) is 15.8. The molecule has 1 heterocycles. The van der Waals surface area contributed by atoms with E-state index in [2.05, 4.69) is 93.6 Å². The molecule has 0 radical (unpaired) electrons. The molecule has 0 spiro atoms. The molecule has 6 rings (SSSR count). The highest BCUT2D eigenvalue weighted by atomic mass is 14.7. The third kappa shape index (κ3) is 1.89. The van der Waals surface area contributed by atoms with Gasteiger partial charge in [0, 0.05) is 16.7 Å². The van der Waals surface area contributed by atoms with E-state index in [-0.39, 0.29) is 5.41 Å². The summed E-state index contributed by atoms with van der Waals surface area (Å²) in [6.45, 7) is 6.72. The van der Waals surface area contributed by atoms with Gasteiger partial charge in [-0.15, -0.1) is 0 Å². The highest BCUT2D eigenvalue weighted by Crippen LogP contribution is 2.50. The lowest BCUT2D eigenvalue weighted by atomic mass is 9.81. The number of hydrogen-bond donors (Lipinski definition) is 0. The van der Waals surface area contributed by atoms with E-state index in [1.165, 1.54) is 49.0 Å². The van der Waals surface area contributed by atoms with Gasteiger partial charge in [-0.3, -0.25) is 4.98 Å². The SMILES string of the molecule is Cc1ccc2c(n1)-c1cc3c4ccccc4c4ccccc4c3cc1C2(C)C. The summed E-state index contributed by atoms with van der Waals surface area (Å²) in [5, 5.41) is 7.95. The monoisotopic (exact) mass is 359 g/mol. The van der Waals surface area contributed by atoms with Crippen LogP contribution in [0.2, 0.25) is 0 Å². The lowest BCUT2D eigenvalue weighted by Crippen LogP contribution is -2.15. The average molecular weight is 359 g/mol. The normalized spacial score (nSPS) is 14.5. The fourth-order valence-corrected chi connectivity index (χ4v) is 5.08. The van der Waals surface area contributed by atoms with Gasteiger partial charge >= 0.3 is 0 Å². The number of hydrogen-bond acceptors (Lipinski definition) is 1. The molecule has 28 heavy (non-hydrogen) atoms. The summed E-state index contributed by atoms with van der Waals surface area (Å²) in [5.41, 5.74) is 6.19. The van der Waals surface area contributed by atoms with Crippen molar-refractivity contribution in [2.24, 2.45) is 0 Å². The van der Waals surface area contributed by atoms with Gasteiger partial charge in [0.25, 0.3) is 0 Å². The Hall–Kier alpha value is -3.19. The first-order valence-corrected chi connectivity index (χ1v) is 9.92. The summed E-state index contributed by atoms with van der Waals surface area (Å²) in [6, 6.07) is 26.8. The molecule has 0 unspecified atom stereocenters. The van der Waals surface area contributed by atoms with E-state index in [9.17, 15) is 0 Å². The van der Waals surface area contributed by atoms with Crippen LogP contribution in [0.1, 0.15) is 30.7 Å². The number of pyridine rings is 1. The van der Waals surface area contributed by atoms with Crippen molar-refractivity contribution in [3.8, 4) is 11.3 Å². The second-order valence-corrected chi connectivity index (χ2v) is 8.51. The van der Waals surface area contributed by atoms with E-state index < -0.39 is 0 Å². The van der Waals surface area contributed by atoms with Crippen LogP contribution in [-0.2, 0) is 5.41 Å². The van der Waals surface area contributed by atoms with Gasteiger partial charge in [0.05, 0.1) is 5.69 Å². The molecule has 0 amide bonds. The molecule has 5 aromatic rings. The van der Waals surface area contributed by atoms with E-state index in [0.29, 0.717) is 0 Å². The van der Waals surface area contributed by atoms with E-state index in [4.69, 9.17) is 4.98 Å². The Labute approximate surface area is 164 Å². The van der Waals surface area contributed by atoms with Crippen LogP contribution >= 0.6 is 0 Å². The predicted molar refractivity (Wildman–Crippen MR) is 119 cm³/mol. The van der Waals surface area contributed by atoms with Crippen molar-refractivity contribution in [3.05, 3.63) is 89.6 Å². The largest absolute Gasteiger partial charge is 0.253 e. The Morgan fingerprint density at radius 2 is 1.14 bits per heavy atom. The molecule has 0 atom stereocenters. The summed E-state index contributed by atoms with van der Waals surface area (Å²) in [6.07, 6.45) is 0. The van der Waals surface area contributed by atoms with E-state index in [0.717, 1.165) is 11.4 Å². The number of aryl methyl sites for hydroxylation is 1. The molecule has 134 valence electrons. The summed E-state index contributed by atoms with van der Waals surface area (Å²) in [5.74, 6) is 0. The quantitative estimate of drug-likeness (QED) is 0.267. The van der Waals surface area contributed by atoms with E-state index in [1.54, 1.807) is 0 Å². The topological polar surface area (TPSA) is 12.9 Å². The van der Waals surface area contributed by atoms with E-state index >= 15 is 0 Å².